The summed E-state index contributed by atoms with van der Waals surface area (Å²) in [6, 6.07) is 0.249. The largest absolute Gasteiger partial charge is 0.468 e. The van der Waals surface area contributed by atoms with Crippen molar-refractivity contribution in [2.45, 2.75) is 57.9 Å². The van der Waals surface area contributed by atoms with E-state index in [1.54, 1.807) is 0 Å². The first-order valence-corrected chi connectivity index (χ1v) is 7.50. The number of hydrogen-bond donors (Lipinski definition) is 0. The minimum Gasteiger partial charge on any atom is -0.468 e. The fourth-order valence-corrected chi connectivity index (χ4v) is 3.53. The fraction of sp³-hybridized carbons (Fsp3) is 0.867. The Morgan fingerprint density at radius 1 is 1.11 bits per heavy atom. The van der Waals surface area contributed by atoms with E-state index in [1.165, 1.54) is 7.11 Å². The number of carbonyl (C=O) groups is 2. The first kappa shape index (κ1) is 14.4. The maximum Gasteiger partial charge on any atom is 0.325 e. The van der Waals surface area contributed by atoms with E-state index >= 15 is 0 Å². The van der Waals surface area contributed by atoms with Gasteiger partial charge in [-0.05, 0) is 31.6 Å². The van der Waals surface area contributed by atoms with Crippen molar-refractivity contribution in [1.29, 1.82) is 0 Å². The molecule has 2 saturated carbocycles. The molecule has 2 unspecified atom stereocenters. The Hall–Kier alpha value is -1.06. The van der Waals surface area contributed by atoms with Gasteiger partial charge in [0.25, 0.3) is 0 Å². The highest BCUT2D eigenvalue weighted by Gasteiger charge is 2.37. The molecule has 4 heteroatoms. The van der Waals surface area contributed by atoms with Gasteiger partial charge in [-0.1, -0.05) is 26.2 Å². The fourth-order valence-electron chi connectivity index (χ4n) is 3.53. The molecule has 108 valence electrons. The van der Waals surface area contributed by atoms with Crippen LogP contribution in [-0.2, 0) is 14.3 Å². The van der Waals surface area contributed by atoms with E-state index in [0.717, 1.165) is 44.9 Å². The molecular weight excluding hydrogens is 242 g/mol. The summed E-state index contributed by atoms with van der Waals surface area (Å²) in [7, 11) is 1.39. The van der Waals surface area contributed by atoms with Gasteiger partial charge in [0.15, 0.2) is 0 Å². The Kier molecular flexibility index (Phi) is 4.83. The molecule has 4 nitrogen and oxygen atoms in total. The number of esters is 1. The van der Waals surface area contributed by atoms with Crippen molar-refractivity contribution in [3.8, 4) is 0 Å². The lowest BCUT2D eigenvalue weighted by molar-refractivity contribution is -0.150. The maximum absolute atomic E-state index is 12.7. The number of rotatable bonds is 4. The first-order valence-electron chi connectivity index (χ1n) is 7.50. The third kappa shape index (κ3) is 3.28. The molecule has 0 aromatic heterocycles. The van der Waals surface area contributed by atoms with Crippen molar-refractivity contribution in [3.63, 3.8) is 0 Å². The minimum atomic E-state index is -0.300. The number of ether oxygens (including phenoxy) is 1. The second-order valence-electron chi connectivity index (χ2n) is 6.00. The van der Waals surface area contributed by atoms with E-state index in [0.29, 0.717) is 5.92 Å². The molecular formula is C15H25NO3. The van der Waals surface area contributed by atoms with Crippen LogP contribution in [0.1, 0.15) is 51.9 Å². The lowest BCUT2D eigenvalue weighted by Crippen LogP contribution is -2.46. The second-order valence-corrected chi connectivity index (χ2v) is 6.00. The molecule has 2 rings (SSSR count). The third-order valence-electron chi connectivity index (χ3n) is 4.75. The van der Waals surface area contributed by atoms with E-state index < -0.39 is 0 Å². The van der Waals surface area contributed by atoms with E-state index in [4.69, 9.17) is 4.74 Å². The average Bonchev–Trinajstić information content (AvgIpc) is 3.05. The lowest BCUT2D eigenvalue weighted by Gasteiger charge is -2.31. The maximum atomic E-state index is 12.7. The monoisotopic (exact) mass is 267 g/mol. The molecule has 0 heterocycles. The zero-order valence-electron chi connectivity index (χ0n) is 12.1. The zero-order chi connectivity index (χ0) is 13.8. The zero-order valence-corrected chi connectivity index (χ0v) is 12.1. The van der Waals surface area contributed by atoms with Gasteiger partial charge >= 0.3 is 5.97 Å². The van der Waals surface area contributed by atoms with Crippen molar-refractivity contribution in [3.05, 3.63) is 0 Å². The Morgan fingerprint density at radius 2 is 1.79 bits per heavy atom. The highest BCUT2D eigenvalue weighted by molar-refractivity contribution is 5.84. The third-order valence-corrected chi connectivity index (χ3v) is 4.75. The van der Waals surface area contributed by atoms with E-state index in [1.807, 2.05) is 4.90 Å². The molecule has 0 radical (unpaired) electrons. The van der Waals surface area contributed by atoms with Crippen LogP contribution in [0.25, 0.3) is 0 Å². The topological polar surface area (TPSA) is 46.6 Å². The minimum absolute atomic E-state index is 0.116. The number of amides is 1. The quantitative estimate of drug-likeness (QED) is 0.735. The van der Waals surface area contributed by atoms with E-state index in [2.05, 4.69) is 6.92 Å². The Bertz CT molecular complexity index is 336. The van der Waals surface area contributed by atoms with Crippen LogP contribution >= 0.6 is 0 Å². The summed E-state index contributed by atoms with van der Waals surface area (Å²) >= 11 is 0. The summed E-state index contributed by atoms with van der Waals surface area (Å²) in [5, 5.41) is 0. The molecule has 2 fully saturated rings. The number of methoxy groups -OCH3 is 1. The standard InChI is InChI=1S/C15H25NO3/c1-11-6-5-9-13(11)15(18)16(10-14(17)19-2)12-7-3-4-8-12/h11-13H,3-10H2,1-2H3. The molecule has 2 aliphatic rings. The van der Waals surface area contributed by atoms with Crippen molar-refractivity contribution >= 4 is 11.9 Å². The van der Waals surface area contributed by atoms with Gasteiger partial charge < -0.3 is 9.64 Å². The van der Waals surface area contributed by atoms with Gasteiger partial charge in [0.2, 0.25) is 5.91 Å². The molecule has 0 spiro atoms. The van der Waals surface area contributed by atoms with Crippen molar-refractivity contribution in [2.75, 3.05) is 13.7 Å². The summed E-state index contributed by atoms with van der Waals surface area (Å²) in [6.45, 7) is 2.28. The van der Waals surface area contributed by atoms with Crippen LogP contribution in [0.3, 0.4) is 0 Å². The van der Waals surface area contributed by atoms with Gasteiger partial charge in [-0.2, -0.15) is 0 Å². The number of hydrogen-bond acceptors (Lipinski definition) is 3. The van der Waals surface area contributed by atoms with Gasteiger partial charge in [0.1, 0.15) is 6.54 Å². The molecule has 0 aliphatic heterocycles. The van der Waals surface area contributed by atoms with Crippen molar-refractivity contribution in [2.24, 2.45) is 11.8 Å². The predicted molar refractivity (Wildman–Crippen MR) is 72.5 cm³/mol. The molecule has 2 aliphatic carbocycles. The summed E-state index contributed by atoms with van der Waals surface area (Å²) in [5.41, 5.74) is 0. The molecule has 0 N–H and O–H groups in total. The molecule has 0 aromatic rings. The van der Waals surface area contributed by atoms with Gasteiger partial charge in [-0.25, -0.2) is 0 Å². The molecule has 0 saturated heterocycles. The summed E-state index contributed by atoms with van der Waals surface area (Å²) < 4.78 is 4.75. The molecule has 1 amide bonds. The molecule has 2 atom stereocenters. The van der Waals surface area contributed by atoms with Crippen molar-refractivity contribution < 1.29 is 14.3 Å². The molecule has 0 bridgehead atoms. The van der Waals surface area contributed by atoms with E-state index in [9.17, 15) is 9.59 Å². The van der Waals surface area contributed by atoms with Gasteiger partial charge in [-0.3, -0.25) is 9.59 Å². The van der Waals surface area contributed by atoms with Crippen LogP contribution in [0, 0.1) is 11.8 Å². The Morgan fingerprint density at radius 3 is 2.32 bits per heavy atom. The number of nitrogens with zero attached hydrogens (tertiary/aromatic N) is 1. The second kappa shape index (κ2) is 6.40. The SMILES string of the molecule is COC(=O)CN(C(=O)C1CCCC1C)C1CCCC1. The van der Waals surface area contributed by atoms with E-state index in [-0.39, 0.29) is 30.4 Å². The van der Waals surface area contributed by atoms with Crippen LogP contribution in [-0.4, -0.2) is 36.5 Å². The van der Waals surface area contributed by atoms with Crippen LogP contribution in [0.2, 0.25) is 0 Å². The van der Waals surface area contributed by atoms with Crippen molar-refractivity contribution in [1.82, 2.24) is 4.90 Å². The predicted octanol–water partition coefficient (Wildman–Crippen LogP) is 2.37. The molecule has 19 heavy (non-hydrogen) atoms. The smallest absolute Gasteiger partial charge is 0.325 e. The Labute approximate surface area is 115 Å². The van der Waals surface area contributed by atoms with Crippen LogP contribution in [0.5, 0.6) is 0 Å². The average molecular weight is 267 g/mol. The van der Waals surface area contributed by atoms with Gasteiger partial charge in [0, 0.05) is 12.0 Å². The van der Waals surface area contributed by atoms with Gasteiger partial charge in [0.05, 0.1) is 7.11 Å². The van der Waals surface area contributed by atoms with Gasteiger partial charge in [-0.15, -0.1) is 0 Å². The van der Waals surface area contributed by atoms with Crippen LogP contribution in [0.15, 0.2) is 0 Å². The normalized spacial score (nSPS) is 27.5. The lowest BCUT2D eigenvalue weighted by atomic mass is 9.95. The van der Waals surface area contributed by atoms with Crippen LogP contribution < -0.4 is 0 Å². The summed E-state index contributed by atoms with van der Waals surface area (Å²) in [5.74, 6) is 0.451. The first-order chi connectivity index (χ1) is 9.13. The molecule has 0 aromatic carbocycles. The highest BCUT2D eigenvalue weighted by atomic mass is 16.5. The summed E-state index contributed by atoms with van der Waals surface area (Å²) in [6.07, 6.45) is 7.63. The Balaban J connectivity index is 2.06. The summed E-state index contributed by atoms with van der Waals surface area (Å²) in [4.78, 5) is 26.1. The highest BCUT2D eigenvalue weighted by Crippen LogP contribution is 2.34. The number of carbonyl (C=O) groups excluding carboxylic acids is 2. The van der Waals surface area contributed by atoms with Crippen LogP contribution in [0.4, 0.5) is 0 Å².